The van der Waals surface area contributed by atoms with Crippen molar-refractivity contribution in [1.29, 1.82) is 0 Å². The van der Waals surface area contributed by atoms with Gasteiger partial charge >= 0.3 is 0 Å². The van der Waals surface area contributed by atoms with E-state index in [9.17, 15) is 4.79 Å². The number of hydrogen-bond acceptors (Lipinski definition) is 4. The van der Waals surface area contributed by atoms with Crippen molar-refractivity contribution in [1.82, 2.24) is 10.2 Å². The molecular weight excluding hydrogens is 196 g/mol. The Morgan fingerprint density at radius 2 is 2.47 bits per heavy atom. The van der Waals surface area contributed by atoms with Gasteiger partial charge < -0.3 is 20.1 Å². The molecule has 2 N–H and O–H groups in total. The number of carbonyl (C=O) groups excluding carboxylic acids is 1. The number of likely N-dealkylation sites (tertiary alicyclic amines) is 1. The Hall–Kier alpha value is -0.650. The summed E-state index contributed by atoms with van der Waals surface area (Å²) in [6, 6.07) is -0.202. The maximum atomic E-state index is 12.0. The molecule has 2 rings (SSSR count). The standard InChI is InChI=1S/C10H18N2O3/c13-6-8-2-1-4-12(8)10(14)9-7-15-5-3-11-9/h8-9,11,13H,1-7H2/t8-,9?/m0/s1. The van der Waals surface area contributed by atoms with Gasteiger partial charge in [0.1, 0.15) is 6.04 Å². The van der Waals surface area contributed by atoms with E-state index in [2.05, 4.69) is 5.32 Å². The van der Waals surface area contributed by atoms with Gasteiger partial charge in [0.25, 0.3) is 0 Å². The zero-order chi connectivity index (χ0) is 10.7. The van der Waals surface area contributed by atoms with E-state index in [1.807, 2.05) is 0 Å². The molecule has 5 nitrogen and oxygen atoms in total. The van der Waals surface area contributed by atoms with Crippen LogP contribution in [0.2, 0.25) is 0 Å². The van der Waals surface area contributed by atoms with Crippen LogP contribution in [-0.4, -0.2) is 60.9 Å². The van der Waals surface area contributed by atoms with E-state index in [1.165, 1.54) is 0 Å². The number of aliphatic hydroxyl groups is 1. The summed E-state index contributed by atoms with van der Waals surface area (Å²) in [4.78, 5) is 13.8. The second-order valence-electron chi connectivity index (χ2n) is 4.09. The lowest BCUT2D eigenvalue weighted by atomic mass is 10.2. The predicted molar refractivity (Wildman–Crippen MR) is 54.4 cm³/mol. The molecule has 0 saturated carbocycles. The third-order valence-corrected chi connectivity index (χ3v) is 3.09. The lowest BCUT2D eigenvalue weighted by molar-refractivity contribution is -0.137. The fourth-order valence-corrected chi connectivity index (χ4v) is 2.24. The molecule has 5 heteroatoms. The van der Waals surface area contributed by atoms with E-state index in [0.717, 1.165) is 25.9 Å². The molecule has 1 amide bonds. The van der Waals surface area contributed by atoms with Crippen LogP contribution in [0.5, 0.6) is 0 Å². The molecule has 2 heterocycles. The second-order valence-corrected chi connectivity index (χ2v) is 4.09. The van der Waals surface area contributed by atoms with Crippen LogP contribution in [0, 0.1) is 0 Å². The van der Waals surface area contributed by atoms with Gasteiger partial charge in [-0.3, -0.25) is 4.79 Å². The van der Waals surface area contributed by atoms with Crippen molar-refractivity contribution in [3.63, 3.8) is 0 Å². The fraction of sp³-hybridized carbons (Fsp3) is 0.900. The monoisotopic (exact) mass is 214 g/mol. The normalized spacial score (nSPS) is 31.9. The van der Waals surface area contributed by atoms with Crippen LogP contribution < -0.4 is 5.32 Å². The maximum absolute atomic E-state index is 12.0. The van der Waals surface area contributed by atoms with Gasteiger partial charge in [0.2, 0.25) is 5.91 Å². The number of nitrogens with zero attached hydrogens (tertiary/aromatic N) is 1. The first-order valence-electron chi connectivity index (χ1n) is 5.55. The first-order chi connectivity index (χ1) is 7.33. The molecule has 0 aromatic rings. The maximum Gasteiger partial charge on any atom is 0.242 e. The molecule has 0 aromatic carbocycles. The highest BCUT2D eigenvalue weighted by Gasteiger charge is 2.33. The summed E-state index contributed by atoms with van der Waals surface area (Å²) in [5.74, 6) is 0.0752. The summed E-state index contributed by atoms with van der Waals surface area (Å²) in [5, 5.41) is 12.3. The van der Waals surface area contributed by atoms with Crippen LogP contribution in [-0.2, 0) is 9.53 Å². The van der Waals surface area contributed by atoms with Crippen molar-refractivity contribution in [2.75, 3.05) is 32.9 Å². The molecule has 0 aromatic heterocycles. The molecule has 86 valence electrons. The number of ether oxygens (including phenoxy) is 1. The number of amides is 1. The van der Waals surface area contributed by atoms with E-state index in [-0.39, 0.29) is 24.6 Å². The molecule has 0 spiro atoms. The van der Waals surface area contributed by atoms with Gasteiger partial charge in [-0.1, -0.05) is 0 Å². The average molecular weight is 214 g/mol. The lowest BCUT2D eigenvalue weighted by Gasteiger charge is -2.30. The summed E-state index contributed by atoms with van der Waals surface area (Å²) >= 11 is 0. The van der Waals surface area contributed by atoms with Crippen molar-refractivity contribution in [2.45, 2.75) is 24.9 Å². The van der Waals surface area contributed by atoms with Gasteiger partial charge in [-0.15, -0.1) is 0 Å². The zero-order valence-corrected chi connectivity index (χ0v) is 8.82. The third-order valence-electron chi connectivity index (χ3n) is 3.09. The van der Waals surface area contributed by atoms with Crippen LogP contribution >= 0.6 is 0 Å². The molecule has 0 bridgehead atoms. The first kappa shape index (κ1) is 10.9. The van der Waals surface area contributed by atoms with Crippen molar-refractivity contribution >= 4 is 5.91 Å². The molecule has 1 unspecified atom stereocenters. The topological polar surface area (TPSA) is 61.8 Å². The van der Waals surface area contributed by atoms with E-state index in [0.29, 0.717) is 13.2 Å². The van der Waals surface area contributed by atoms with Gasteiger partial charge in [0, 0.05) is 13.1 Å². The van der Waals surface area contributed by atoms with Crippen LogP contribution in [0.15, 0.2) is 0 Å². The van der Waals surface area contributed by atoms with Gasteiger partial charge in [-0.25, -0.2) is 0 Å². The highest BCUT2D eigenvalue weighted by Crippen LogP contribution is 2.18. The minimum absolute atomic E-state index is 0.0150. The summed E-state index contributed by atoms with van der Waals surface area (Å²) in [6.07, 6.45) is 1.90. The Balaban J connectivity index is 1.93. The van der Waals surface area contributed by atoms with Crippen molar-refractivity contribution in [3.05, 3.63) is 0 Å². The Morgan fingerprint density at radius 3 is 3.13 bits per heavy atom. The third kappa shape index (κ3) is 2.30. The highest BCUT2D eigenvalue weighted by molar-refractivity contribution is 5.82. The van der Waals surface area contributed by atoms with Crippen LogP contribution in [0.4, 0.5) is 0 Å². The van der Waals surface area contributed by atoms with Gasteiger partial charge in [-0.2, -0.15) is 0 Å². The Bertz CT molecular complexity index is 229. The number of hydrogen-bond donors (Lipinski definition) is 2. The van der Waals surface area contributed by atoms with E-state index in [1.54, 1.807) is 4.90 Å². The van der Waals surface area contributed by atoms with Gasteiger partial charge in [0.15, 0.2) is 0 Å². The number of carbonyl (C=O) groups is 1. The molecular formula is C10H18N2O3. The SMILES string of the molecule is O=C(C1COCCN1)N1CCC[C@H]1CO. The second kappa shape index (κ2) is 4.92. The molecule has 15 heavy (non-hydrogen) atoms. The molecule has 0 aliphatic carbocycles. The number of morpholine rings is 1. The van der Waals surface area contributed by atoms with Gasteiger partial charge in [-0.05, 0) is 12.8 Å². The summed E-state index contributed by atoms with van der Waals surface area (Å²) in [6.45, 7) is 2.69. The zero-order valence-electron chi connectivity index (χ0n) is 8.82. The molecule has 2 atom stereocenters. The van der Waals surface area contributed by atoms with Gasteiger partial charge in [0.05, 0.1) is 25.9 Å². The minimum atomic E-state index is -0.217. The molecule has 2 aliphatic rings. The Kier molecular flexibility index (Phi) is 3.56. The largest absolute Gasteiger partial charge is 0.394 e. The van der Waals surface area contributed by atoms with Crippen LogP contribution in [0.1, 0.15) is 12.8 Å². The quantitative estimate of drug-likeness (QED) is 0.616. The molecule has 2 saturated heterocycles. The van der Waals surface area contributed by atoms with Crippen molar-refractivity contribution in [3.8, 4) is 0 Å². The highest BCUT2D eigenvalue weighted by atomic mass is 16.5. The number of aliphatic hydroxyl groups excluding tert-OH is 1. The van der Waals surface area contributed by atoms with E-state index >= 15 is 0 Å². The van der Waals surface area contributed by atoms with Crippen molar-refractivity contribution < 1.29 is 14.6 Å². The first-order valence-corrected chi connectivity index (χ1v) is 5.55. The Labute approximate surface area is 89.4 Å². The number of nitrogens with one attached hydrogen (secondary N) is 1. The van der Waals surface area contributed by atoms with Crippen LogP contribution in [0.25, 0.3) is 0 Å². The smallest absolute Gasteiger partial charge is 0.242 e. The fourth-order valence-electron chi connectivity index (χ4n) is 2.24. The predicted octanol–water partition coefficient (Wildman–Crippen LogP) is -1.04. The summed E-state index contributed by atoms with van der Waals surface area (Å²) in [7, 11) is 0. The average Bonchev–Trinajstić information content (AvgIpc) is 2.77. The summed E-state index contributed by atoms with van der Waals surface area (Å²) in [5.41, 5.74) is 0. The molecule has 2 aliphatic heterocycles. The van der Waals surface area contributed by atoms with Crippen molar-refractivity contribution in [2.24, 2.45) is 0 Å². The van der Waals surface area contributed by atoms with Crippen LogP contribution in [0.3, 0.4) is 0 Å². The van der Waals surface area contributed by atoms with E-state index < -0.39 is 0 Å². The number of rotatable bonds is 2. The van der Waals surface area contributed by atoms with E-state index in [4.69, 9.17) is 9.84 Å². The minimum Gasteiger partial charge on any atom is -0.394 e. The Morgan fingerprint density at radius 1 is 1.60 bits per heavy atom. The summed E-state index contributed by atoms with van der Waals surface area (Å²) < 4.78 is 5.26. The molecule has 2 fully saturated rings. The molecule has 0 radical (unpaired) electrons. The lowest BCUT2D eigenvalue weighted by Crippen LogP contribution is -2.54.